The summed E-state index contributed by atoms with van der Waals surface area (Å²) in [5.74, 6) is 4.93. The SMILES string of the molecule is CCC(CC=O)CCC1C=CC(=O)C2(Cc3ccc(O)c(OC)c3)CCCC2CC#CNC(=NC)Nc2cc(cc(OC3(CNC)CCC(CC(O)OC4CCCCC4)C3)c2O)C12CCCC2. The number of phenolic OH excluding ortho intramolecular Hbond substituents is 2. The van der Waals surface area contributed by atoms with Crippen molar-refractivity contribution in [2.24, 2.45) is 34.1 Å². The van der Waals surface area contributed by atoms with Crippen LogP contribution in [0.3, 0.4) is 0 Å². The van der Waals surface area contributed by atoms with E-state index >= 15 is 4.79 Å². The first kappa shape index (κ1) is 50.3. The van der Waals surface area contributed by atoms with Gasteiger partial charge < -0.3 is 45.0 Å². The highest BCUT2D eigenvalue weighted by Gasteiger charge is 2.49. The van der Waals surface area contributed by atoms with Gasteiger partial charge in [0, 0.05) is 49.7 Å². The minimum Gasteiger partial charge on any atom is -0.504 e. The lowest BCUT2D eigenvalue weighted by Gasteiger charge is -2.39. The second-order valence-electron chi connectivity index (χ2n) is 20.6. The number of likely N-dealkylation sites (N-methyl/N-ethyl adjacent to an activating group) is 1. The van der Waals surface area contributed by atoms with Crippen LogP contribution in [0, 0.1) is 41.1 Å². The van der Waals surface area contributed by atoms with E-state index in [0.29, 0.717) is 61.8 Å². The standard InChI is InChI=1S/C55H78N4O8/c1-5-38(24-30-60)17-19-42-20-22-49(62)55(36-39-18-21-46(61)47(31-39)65-4)27-11-13-41(55)14-12-29-58-52(57-3)59-45-33-43(54(42)25-9-10-26-54)34-48(51(45)64)67-53(37-56-2)28-23-40(35-53)32-50(63)66-44-15-7-6-8-16-44/h18,20-22,30-31,33-34,38,40-42,44,50,56,61,63-64H,5-11,13-17,19,23-28,32,35-37H2,1-4H3,(H2,57,58,59). The van der Waals surface area contributed by atoms with E-state index < -0.39 is 22.7 Å². The van der Waals surface area contributed by atoms with Gasteiger partial charge in [-0.2, -0.15) is 0 Å². The van der Waals surface area contributed by atoms with Gasteiger partial charge in [0.25, 0.3) is 0 Å². The molecule has 67 heavy (non-hydrogen) atoms. The van der Waals surface area contributed by atoms with E-state index in [0.717, 1.165) is 120 Å². The number of aliphatic hydroxyl groups is 1. The molecule has 0 saturated heterocycles. The number of rotatable bonds is 17. The third-order valence-corrected chi connectivity index (χ3v) is 16.5. The van der Waals surface area contributed by atoms with Crippen molar-refractivity contribution in [2.75, 3.05) is 33.1 Å². The summed E-state index contributed by atoms with van der Waals surface area (Å²) in [5.41, 5.74) is 0.631. The van der Waals surface area contributed by atoms with E-state index in [1.54, 1.807) is 13.1 Å². The Balaban J connectivity index is 1.29. The van der Waals surface area contributed by atoms with Gasteiger partial charge in [0.1, 0.15) is 11.9 Å². The van der Waals surface area contributed by atoms with Crippen molar-refractivity contribution >= 4 is 23.7 Å². The van der Waals surface area contributed by atoms with Crippen molar-refractivity contribution in [3.63, 3.8) is 0 Å². The normalized spacial score (nSPS) is 28.0. The van der Waals surface area contributed by atoms with E-state index in [1.807, 2.05) is 31.3 Å². The predicted octanol–water partition coefficient (Wildman–Crippen LogP) is 9.63. The predicted molar refractivity (Wildman–Crippen MR) is 263 cm³/mol. The summed E-state index contributed by atoms with van der Waals surface area (Å²) in [6.07, 6.45) is 23.0. The number of anilines is 1. The topological polar surface area (TPSA) is 171 Å². The van der Waals surface area contributed by atoms with Crippen LogP contribution in [0.4, 0.5) is 5.69 Å². The van der Waals surface area contributed by atoms with Gasteiger partial charge in [-0.3, -0.25) is 15.1 Å². The van der Waals surface area contributed by atoms with Crippen LogP contribution in [0.1, 0.15) is 153 Å². The number of aldehydes is 1. The van der Waals surface area contributed by atoms with E-state index in [9.17, 15) is 20.1 Å². The van der Waals surface area contributed by atoms with Crippen molar-refractivity contribution in [3.8, 4) is 35.0 Å². The van der Waals surface area contributed by atoms with Crippen LogP contribution in [0.25, 0.3) is 0 Å². The number of aliphatic imine (C=N–C) groups is 1. The van der Waals surface area contributed by atoms with Crippen LogP contribution >= 0.6 is 0 Å². The van der Waals surface area contributed by atoms with E-state index in [-0.39, 0.29) is 47.1 Å². The second kappa shape index (κ2) is 23.2. The lowest BCUT2D eigenvalue weighted by Crippen LogP contribution is -2.43. The van der Waals surface area contributed by atoms with Crippen LogP contribution in [0.2, 0.25) is 0 Å². The fourth-order valence-electron chi connectivity index (χ4n) is 12.8. The largest absolute Gasteiger partial charge is 0.504 e. The molecule has 7 atom stereocenters. The molecule has 6 N–H and O–H groups in total. The molecule has 366 valence electrons. The zero-order chi connectivity index (χ0) is 47.4. The molecule has 5 aliphatic rings. The Morgan fingerprint density at radius 3 is 2.54 bits per heavy atom. The summed E-state index contributed by atoms with van der Waals surface area (Å²) < 4.78 is 18.8. The molecule has 0 aromatic heterocycles. The van der Waals surface area contributed by atoms with Gasteiger partial charge in [-0.15, -0.1) is 0 Å². The van der Waals surface area contributed by atoms with E-state index in [4.69, 9.17) is 14.2 Å². The highest BCUT2D eigenvalue weighted by atomic mass is 16.6. The number of hydrogen-bond donors (Lipinski definition) is 6. The Morgan fingerprint density at radius 2 is 1.81 bits per heavy atom. The van der Waals surface area contributed by atoms with Gasteiger partial charge in [0.15, 0.2) is 35.1 Å². The second-order valence-corrected chi connectivity index (χ2v) is 20.6. The molecule has 12 heteroatoms. The Labute approximate surface area is 399 Å². The number of aliphatic hydroxyl groups excluding tert-OH is 1. The summed E-state index contributed by atoms with van der Waals surface area (Å²) in [5, 5.41) is 43.8. The highest BCUT2D eigenvalue weighted by molar-refractivity contribution is 5.97. The van der Waals surface area contributed by atoms with Gasteiger partial charge in [-0.05, 0) is 149 Å². The van der Waals surface area contributed by atoms with E-state index in [2.05, 4.69) is 52.0 Å². The molecular formula is C55H78N4O8. The highest BCUT2D eigenvalue weighted by Crippen LogP contribution is 2.54. The number of allylic oxidation sites excluding steroid dienone is 2. The molecule has 1 spiro atoms. The molecule has 2 bridgehead atoms. The fourth-order valence-corrected chi connectivity index (χ4v) is 12.8. The Bertz CT molecular complexity index is 2120. The minimum atomic E-state index is -0.822. The number of ether oxygens (including phenoxy) is 3. The number of benzene rings is 2. The first-order chi connectivity index (χ1) is 32.5. The summed E-state index contributed by atoms with van der Waals surface area (Å²) in [4.78, 5) is 31.6. The molecule has 1 heterocycles. The van der Waals surface area contributed by atoms with Crippen LogP contribution in [-0.4, -0.2) is 79.1 Å². The van der Waals surface area contributed by atoms with Crippen molar-refractivity contribution in [2.45, 2.75) is 172 Å². The van der Waals surface area contributed by atoms with Gasteiger partial charge >= 0.3 is 0 Å². The number of nitrogens with one attached hydrogen (secondary N) is 3. The molecule has 0 radical (unpaired) electrons. The number of carbonyl (C=O) groups excluding carboxylic acids is 2. The smallest absolute Gasteiger partial charge is 0.207 e. The number of phenols is 2. The number of aromatic hydroxyl groups is 2. The fraction of sp³-hybridized carbons (Fsp3) is 0.655. The monoisotopic (exact) mass is 923 g/mol. The lowest BCUT2D eigenvalue weighted by atomic mass is 9.65. The molecule has 4 aliphatic carbocycles. The Morgan fingerprint density at radius 1 is 1.00 bits per heavy atom. The molecule has 1 aliphatic heterocycles. The summed E-state index contributed by atoms with van der Waals surface area (Å²) in [6.45, 7) is 2.70. The minimum absolute atomic E-state index is 0.0122. The molecule has 2 aromatic rings. The first-order valence-corrected chi connectivity index (χ1v) is 25.5. The molecule has 12 nitrogen and oxygen atoms in total. The number of nitrogens with zero attached hydrogens (tertiary/aromatic N) is 1. The van der Waals surface area contributed by atoms with Gasteiger partial charge in [-0.1, -0.05) is 69.9 Å². The summed E-state index contributed by atoms with van der Waals surface area (Å²) in [7, 11) is 5.14. The molecular weight excluding hydrogens is 845 g/mol. The Hall–Kier alpha value is -4.57. The lowest BCUT2D eigenvalue weighted by molar-refractivity contribution is -0.152. The molecule has 7 unspecified atom stereocenters. The zero-order valence-electron chi connectivity index (χ0n) is 40.7. The van der Waals surface area contributed by atoms with Gasteiger partial charge in [-0.25, -0.2) is 0 Å². The van der Waals surface area contributed by atoms with Gasteiger partial charge in [0.2, 0.25) is 5.96 Å². The van der Waals surface area contributed by atoms with Crippen LogP contribution in [-0.2, 0) is 26.2 Å². The van der Waals surface area contributed by atoms with Crippen molar-refractivity contribution in [1.82, 2.24) is 10.6 Å². The molecule has 2 aromatic carbocycles. The van der Waals surface area contributed by atoms with Crippen molar-refractivity contribution < 1.29 is 39.1 Å². The maximum absolute atomic E-state index is 15.2. The number of ketones is 1. The molecule has 4 saturated carbocycles. The number of fused-ring (bicyclic) bond motifs is 4. The Kier molecular flexibility index (Phi) is 17.4. The summed E-state index contributed by atoms with van der Waals surface area (Å²) >= 11 is 0. The average molecular weight is 923 g/mol. The molecule has 4 fully saturated rings. The number of hydrogen-bond acceptors (Lipinski definition) is 10. The third-order valence-electron chi connectivity index (χ3n) is 16.5. The molecule has 0 amide bonds. The van der Waals surface area contributed by atoms with E-state index in [1.165, 1.54) is 13.5 Å². The van der Waals surface area contributed by atoms with Crippen molar-refractivity contribution in [3.05, 3.63) is 53.6 Å². The maximum Gasteiger partial charge on any atom is 0.207 e. The number of carbonyl (C=O) groups is 2. The van der Waals surface area contributed by atoms with Crippen LogP contribution in [0.5, 0.6) is 23.0 Å². The average Bonchev–Trinajstić information content (AvgIpc) is 4.09. The van der Waals surface area contributed by atoms with Crippen molar-refractivity contribution in [1.29, 1.82) is 0 Å². The van der Waals surface area contributed by atoms with Crippen LogP contribution < -0.4 is 25.4 Å². The number of guanidine groups is 1. The first-order valence-electron chi connectivity index (χ1n) is 25.5. The third kappa shape index (κ3) is 11.8. The number of methoxy groups -OCH3 is 1. The zero-order valence-corrected chi connectivity index (χ0v) is 40.7. The summed E-state index contributed by atoms with van der Waals surface area (Å²) in [6, 6.07) is 12.6. The van der Waals surface area contributed by atoms with Gasteiger partial charge in [0.05, 0.1) is 18.9 Å². The quantitative estimate of drug-likeness (QED) is 0.0387. The molecule has 7 rings (SSSR count). The van der Waals surface area contributed by atoms with Crippen LogP contribution in [0.15, 0.2) is 47.5 Å². The maximum atomic E-state index is 15.2.